The van der Waals surface area contributed by atoms with Crippen molar-refractivity contribution in [3.05, 3.63) is 71.8 Å². The summed E-state index contributed by atoms with van der Waals surface area (Å²) in [6.45, 7) is 2.00. The summed E-state index contributed by atoms with van der Waals surface area (Å²) < 4.78 is 0. The van der Waals surface area contributed by atoms with Crippen LogP contribution in [0.2, 0.25) is 0 Å². The lowest BCUT2D eigenvalue weighted by molar-refractivity contribution is 0.395. The number of nitrogens with zero attached hydrogens (tertiary/aromatic N) is 2. The molecule has 0 spiro atoms. The number of carbonyl (C=O) groups excluding carboxylic acids is 2. The zero-order valence-electron chi connectivity index (χ0n) is 13.0. The predicted octanol–water partition coefficient (Wildman–Crippen LogP) is 3.77. The van der Waals surface area contributed by atoms with Crippen LogP contribution >= 0.6 is 0 Å². The minimum atomic E-state index is -1.07. The van der Waals surface area contributed by atoms with Crippen LogP contribution in [0.4, 0.5) is 0 Å². The summed E-state index contributed by atoms with van der Waals surface area (Å²) in [4.78, 5) is 30.4. The second kappa shape index (κ2) is 8.00. The van der Waals surface area contributed by atoms with Crippen LogP contribution in [0, 0.1) is 0 Å². The van der Waals surface area contributed by atoms with Crippen LogP contribution in [-0.2, 0) is 15.1 Å². The molecule has 0 aromatic heterocycles. The summed E-state index contributed by atoms with van der Waals surface area (Å²) in [5.74, 6) is 0. The second-order valence-electron chi connectivity index (χ2n) is 5.23. The van der Waals surface area contributed by atoms with Gasteiger partial charge in [0.15, 0.2) is 0 Å². The number of benzene rings is 2. The third-order valence-corrected chi connectivity index (χ3v) is 3.90. The molecule has 2 aromatic carbocycles. The average molecular weight is 306 g/mol. The minimum Gasteiger partial charge on any atom is -0.211 e. The number of hydrogen-bond acceptors (Lipinski definition) is 4. The van der Waals surface area contributed by atoms with E-state index in [0.717, 1.165) is 17.5 Å². The standard InChI is InChI=1S/C19H18N2O2/c1-2-9-18(20-14-22)19(21-15-23,16-10-5-3-6-11-16)17-12-7-4-8-13-17/h3-8,10-13,18H,2,9H2,1H3. The molecule has 23 heavy (non-hydrogen) atoms. The monoisotopic (exact) mass is 306 g/mol. The highest BCUT2D eigenvalue weighted by Gasteiger charge is 2.42. The first kappa shape index (κ1) is 16.6. The van der Waals surface area contributed by atoms with E-state index >= 15 is 0 Å². The number of isocyanates is 2. The number of rotatable bonds is 7. The van der Waals surface area contributed by atoms with Crippen molar-refractivity contribution >= 4 is 12.2 Å². The van der Waals surface area contributed by atoms with Gasteiger partial charge < -0.3 is 0 Å². The molecule has 0 saturated heterocycles. The van der Waals surface area contributed by atoms with Gasteiger partial charge in [0.2, 0.25) is 12.2 Å². The Balaban J connectivity index is 2.79. The van der Waals surface area contributed by atoms with Crippen molar-refractivity contribution in [2.75, 3.05) is 0 Å². The van der Waals surface area contributed by atoms with Crippen molar-refractivity contribution in [1.29, 1.82) is 0 Å². The van der Waals surface area contributed by atoms with Gasteiger partial charge in [-0.2, -0.15) is 9.98 Å². The zero-order valence-corrected chi connectivity index (χ0v) is 13.0. The minimum absolute atomic E-state index is 0.517. The van der Waals surface area contributed by atoms with Crippen molar-refractivity contribution in [2.45, 2.75) is 31.3 Å². The van der Waals surface area contributed by atoms with Gasteiger partial charge in [0.1, 0.15) is 5.54 Å². The van der Waals surface area contributed by atoms with E-state index in [9.17, 15) is 9.59 Å². The molecule has 0 heterocycles. The van der Waals surface area contributed by atoms with E-state index in [1.165, 1.54) is 0 Å². The Morgan fingerprint density at radius 1 is 0.913 bits per heavy atom. The van der Waals surface area contributed by atoms with E-state index in [1.807, 2.05) is 67.6 Å². The van der Waals surface area contributed by atoms with Gasteiger partial charge in [-0.1, -0.05) is 74.0 Å². The van der Waals surface area contributed by atoms with Crippen molar-refractivity contribution in [2.24, 2.45) is 9.98 Å². The third-order valence-electron chi connectivity index (χ3n) is 3.90. The molecular weight excluding hydrogens is 288 g/mol. The summed E-state index contributed by atoms with van der Waals surface area (Å²) in [5, 5.41) is 0. The van der Waals surface area contributed by atoms with Crippen LogP contribution in [0.25, 0.3) is 0 Å². The Kier molecular flexibility index (Phi) is 5.76. The zero-order chi connectivity index (χ0) is 16.5. The van der Waals surface area contributed by atoms with Crippen LogP contribution in [0.15, 0.2) is 70.6 Å². The molecule has 1 unspecified atom stereocenters. The highest BCUT2D eigenvalue weighted by Crippen LogP contribution is 2.40. The van der Waals surface area contributed by atoms with Gasteiger partial charge in [-0.3, -0.25) is 0 Å². The molecule has 116 valence electrons. The van der Waals surface area contributed by atoms with Gasteiger partial charge in [-0.15, -0.1) is 0 Å². The highest BCUT2D eigenvalue weighted by molar-refractivity contribution is 5.48. The second-order valence-corrected chi connectivity index (χ2v) is 5.23. The molecule has 0 bridgehead atoms. The fraction of sp³-hybridized carbons (Fsp3) is 0.263. The first-order chi connectivity index (χ1) is 11.3. The van der Waals surface area contributed by atoms with Crippen molar-refractivity contribution in [3.63, 3.8) is 0 Å². The Labute approximate surface area is 135 Å². The molecule has 2 aromatic rings. The first-order valence-electron chi connectivity index (χ1n) is 7.56. The lowest BCUT2D eigenvalue weighted by atomic mass is 9.76. The van der Waals surface area contributed by atoms with Crippen LogP contribution < -0.4 is 0 Å². The molecule has 0 saturated carbocycles. The van der Waals surface area contributed by atoms with Crippen molar-refractivity contribution in [3.8, 4) is 0 Å². The summed E-state index contributed by atoms with van der Waals surface area (Å²) in [7, 11) is 0. The van der Waals surface area contributed by atoms with Gasteiger partial charge >= 0.3 is 0 Å². The third kappa shape index (κ3) is 3.35. The lowest BCUT2D eigenvalue weighted by Crippen LogP contribution is -2.38. The molecule has 4 heteroatoms. The fourth-order valence-corrected chi connectivity index (χ4v) is 2.92. The molecule has 2 rings (SSSR count). The van der Waals surface area contributed by atoms with Gasteiger partial charge in [0, 0.05) is 0 Å². The van der Waals surface area contributed by atoms with Gasteiger partial charge in [0.25, 0.3) is 0 Å². The maximum atomic E-state index is 11.2. The molecule has 0 aliphatic rings. The van der Waals surface area contributed by atoms with Crippen LogP contribution in [0.5, 0.6) is 0 Å². The highest BCUT2D eigenvalue weighted by atomic mass is 16.1. The Hall–Kier alpha value is -2.80. The molecule has 0 radical (unpaired) electrons. The van der Waals surface area contributed by atoms with E-state index in [-0.39, 0.29) is 0 Å². The van der Waals surface area contributed by atoms with Gasteiger partial charge in [-0.05, 0) is 17.5 Å². The van der Waals surface area contributed by atoms with E-state index in [1.54, 1.807) is 12.2 Å². The van der Waals surface area contributed by atoms with Crippen LogP contribution in [0.3, 0.4) is 0 Å². The van der Waals surface area contributed by atoms with E-state index < -0.39 is 11.6 Å². The molecule has 1 atom stereocenters. The van der Waals surface area contributed by atoms with Crippen molar-refractivity contribution < 1.29 is 9.59 Å². The molecule has 0 N–H and O–H groups in total. The summed E-state index contributed by atoms with van der Waals surface area (Å²) in [6.07, 6.45) is 4.73. The summed E-state index contributed by atoms with van der Waals surface area (Å²) in [6, 6.07) is 18.3. The maximum absolute atomic E-state index is 11.2. The Morgan fingerprint density at radius 3 is 1.83 bits per heavy atom. The Morgan fingerprint density at radius 2 is 1.43 bits per heavy atom. The Bertz CT molecular complexity index is 676. The summed E-state index contributed by atoms with van der Waals surface area (Å²) in [5.41, 5.74) is 0.525. The van der Waals surface area contributed by atoms with E-state index in [4.69, 9.17) is 0 Å². The SMILES string of the molecule is CCCC(N=C=O)C(N=C=O)(c1ccccc1)c1ccccc1. The maximum Gasteiger partial charge on any atom is 0.236 e. The molecule has 0 amide bonds. The topological polar surface area (TPSA) is 58.9 Å². The predicted molar refractivity (Wildman–Crippen MR) is 88.6 cm³/mol. The molecule has 0 aliphatic heterocycles. The molecule has 4 nitrogen and oxygen atoms in total. The van der Waals surface area contributed by atoms with Gasteiger partial charge in [0.05, 0.1) is 6.04 Å². The number of hydrogen-bond donors (Lipinski definition) is 0. The average Bonchev–Trinajstić information content (AvgIpc) is 2.61. The quantitative estimate of drug-likeness (QED) is 0.577. The van der Waals surface area contributed by atoms with Crippen LogP contribution in [0.1, 0.15) is 30.9 Å². The normalized spacial score (nSPS) is 11.9. The first-order valence-corrected chi connectivity index (χ1v) is 7.56. The van der Waals surface area contributed by atoms with E-state index in [0.29, 0.717) is 6.42 Å². The lowest BCUT2D eigenvalue weighted by Gasteiger charge is -2.34. The fourth-order valence-electron chi connectivity index (χ4n) is 2.92. The van der Waals surface area contributed by atoms with Gasteiger partial charge in [-0.25, -0.2) is 9.59 Å². The molecule has 0 fully saturated rings. The smallest absolute Gasteiger partial charge is 0.211 e. The molecular formula is C19H18N2O2. The van der Waals surface area contributed by atoms with Crippen LogP contribution in [-0.4, -0.2) is 18.2 Å². The largest absolute Gasteiger partial charge is 0.236 e. The van der Waals surface area contributed by atoms with E-state index in [2.05, 4.69) is 9.98 Å². The molecule has 0 aliphatic carbocycles. The van der Waals surface area contributed by atoms with Crippen molar-refractivity contribution in [1.82, 2.24) is 0 Å². The summed E-state index contributed by atoms with van der Waals surface area (Å²) >= 11 is 0. The number of aliphatic imine (C=N–C) groups is 2.